The molecule has 0 aromatic heterocycles. The van der Waals surface area contributed by atoms with Gasteiger partial charge < -0.3 is 9.64 Å². The van der Waals surface area contributed by atoms with E-state index in [-0.39, 0.29) is 23.9 Å². The molecule has 0 unspecified atom stereocenters. The molecule has 110 valence electrons. The molecule has 0 aliphatic heterocycles. The molecule has 0 radical (unpaired) electrons. The van der Waals surface area contributed by atoms with Crippen LogP contribution in [0.5, 0.6) is 0 Å². The first-order valence-corrected chi connectivity index (χ1v) is 6.17. The van der Waals surface area contributed by atoms with Crippen LogP contribution in [0.15, 0.2) is 18.2 Å². The first kappa shape index (κ1) is 15.9. The van der Waals surface area contributed by atoms with Gasteiger partial charge in [0.25, 0.3) is 5.69 Å². The van der Waals surface area contributed by atoms with Crippen molar-refractivity contribution in [2.75, 3.05) is 25.1 Å². The highest BCUT2D eigenvalue weighted by Gasteiger charge is 2.20. The molecular formula is C13H17FN2O4. The van der Waals surface area contributed by atoms with Gasteiger partial charge in [-0.15, -0.1) is 0 Å². The van der Waals surface area contributed by atoms with E-state index < -0.39 is 16.7 Å². The molecule has 0 saturated heterocycles. The molecule has 1 aromatic rings. The van der Waals surface area contributed by atoms with Gasteiger partial charge in [-0.1, -0.05) is 6.92 Å². The zero-order valence-corrected chi connectivity index (χ0v) is 11.6. The van der Waals surface area contributed by atoms with Gasteiger partial charge in [-0.05, 0) is 13.0 Å². The molecule has 0 heterocycles. The SMILES string of the molecule is CCN(C[C@@H](C)C(=O)OC)c1ccc([N+](=O)[O-])cc1F. The van der Waals surface area contributed by atoms with Gasteiger partial charge in [0.2, 0.25) is 0 Å². The first-order valence-electron chi connectivity index (χ1n) is 6.17. The molecule has 0 N–H and O–H groups in total. The number of nitrogens with zero attached hydrogens (tertiary/aromatic N) is 2. The topological polar surface area (TPSA) is 72.7 Å². The number of non-ortho nitro benzene ring substituents is 1. The maximum atomic E-state index is 13.9. The van der Waals surface area contributed by atoms with Crippen molar-refractivity contribution in [2.24, 2.45) is 5.92 Å². The largest absolute Gasteiger partial charge is 0.469 e. The molecule has 6 nitrogen and oxygen atoms in total. The molecule has 0 fully saturated rings. The maximum absolute atomic E-state index is 13.9. The van der Waals surface area contributed by atoms with Crippen molar-refractivity contribution < 1.29 is 18.8 Å². The number of methoxy groups -OCH3 is 1. The van der Waals surface area contributed by atoms with Gasteiger partial charge in [0, 0.05) is 19.2 Å². The predicted molar refractivity (Wildman–Crippen MR) is 72.1 cm³/mol. The Morgan fingerprint density at radius 3 is 2.65 bits per heavy atom. The Morgan fingerprint density at radius 2 is 2.20 bits per heavy atom. The third kappa shape index (κ3) is 3.66. The Kier molecular flexibility index (Phi) is 5.42. The summed E-state index contributed by atoms with van der Waals surface area (Å²) in [5.41, 5.74) is -0.0721. The second-order valence-corrected chi connectivity index (χ2v) is 4.36. The number of halogens is 1. The quantitative estimate of drug-likeness (QED) is 0.455. The molecule has 0 bridgehead atoms. The number of carbonyl (C=O) groups is 1. The van der Waals surface area contributed by atoms with E-state index in [1.165, 1.54) is 19.2 Å². The fourth-order valence-corrected chi connectivity index (χ4v) is 1.87. The lowest BCUT2D eigenvalue weighted by Gasteiger charge is -2.25. The van der Waals surface area contributed by atoms with Crippen LogP contribution < -0.4 is 4.90 Å². The summed E-state index contributed by atoms with van der Waals surface area (Å²) in [4.78, 5) is 23.0. The third-order valence-electron chi connectivity index (χ3n) is 2.96. The van der Waals surface area contributed by atoms with Crippen LogP contribution in [0.4, 0.5) is 15.8 Å². The van der Waals surface area contributed by atoms with Crippen LogP contribution in [-0.4, -0.2) is 31.1 Å². The highest BCUT2D eigenvalue weighted by molar-refractivity contribution is 5.72. The lowest BCUT2D eigenvalue weighted by atomic mass is 10.1. The van der Waals surface area contributed by atoms with Gasteiger partial charge in [-0.3, -0.25) is 14.9 Å². The number of hydrogen-bond donors (Lipinski definition) is 0. The minimum absolute atomic E-state index is 0.230. The summed E-state index contributed by atoms with van der Waals surface area (Å²) >= 11 is 0. The van der Waals surface area contributed by atoms with Crippen LogP contribution in [0.1, 0.15) is 13.8 Å². The van der Waals surface area contributed by atoms with Crippen molar-refractivity contribution in [3.63, 3.8) is 0 Å². The summed E-state index contributed by atoms with van der Waals surface area (Å²) in [6.07, 6.45) is 0. The van der Waals surface area contributed by atoms with Gasteiger partial charge in [0.05, 0.1) is 29.7 Å². The van der Waals surface area contributed by atoms with Crippen LogP contribution in [-0.2, 0) is 9.53 Å². The Balaban J connectivity index is 2.95. The van der Waals surface area contributed by atoms with Crippen molar-refractivity contribution >= 4 is 17.3 Å². The molecule has 7 heteroatoms. The first-order chi connectivity index (χ1) is 9.40. The fraction of sp³-hybridized carbons (Fsp3) is 0.462. The Morgan fingerprint density at radius 1 is 1.55 bits per heavy atom. The van der Waals surface area contributed by atoms with Crippen LogP contribution in [0.25, 0.3) is 0 Å². The van der Waals surface area contributed by atoms with Gasteiger partial charge in [0.15, 0.2) is 5.82 Å². The predicted octanol–water partition coefficient (Wildman–Crippen LogP) is 2.37. The van der Waals surface area contributed by atoms with Crippen molar-refractivity contribution in [2.45, 2.75) is 13.8 Å². The Bertz CT molecular complexity index is 507. The van der Waals surface area contributed by atoms with Gasteiger partial charge in [-0.2, -0.15) is 0 Å². The van der Waals surface area contributed by atoms with Crippen LogP contribution in [0.2, 0.25) is 0 Å². The monoisotopic (exact) mass is 284 g/mol. The van der Waals surface area contributed by atoms with Gasteiger partial charge in [0.1, 0.15) is 0 Å². The van der Waals surface area contributed by atoms with Crippen molar-refractivity contribution in [1.29, 1.82) is 0 Å². The number of nitro benzene ring substituents is 1. The second-order valence-electron chi connectivity index (χ2n) is 4.36. The molecule has 0 amide bonds. The standard InChI is InChI=1S/C13H17FN2O4/c1-4-15(8-9(2)13(17)20-3)12-6-5-10(16(18)19)7-11(12)14/h5-7,9H,4,8H2,1-3H3/t9-/m1/s1. The average Bonchev–Trinajstić information content (AvgIpc) is 2.43. The fourth-order valence-electron chi connectivity index (χ4n) is 1.87. The smallest absolute Gasteiger partial charge is 0.310 e. The van der Waals surface area contributed by atoms with Crippen molar-refractivity contribution in [3.8, 4) is 0 Å². The molecule has 0 saturated carbocycles. The number of esters is 1. The second kappa shape index (κ2) is 6.83. The minimum atomic E-state index is -0.682. The summed E-state index contributed by atoms with van der Waals surface area (Å²) in [5, 5.41) is 10.6. The summed E-state index contributed by atoms with van der Waals surface area (Å²) in [6, 6.07) is 3.46. The summed E-state index contributed by atoms with van der Waals surface area (Å²) in [5.74, 6) is -1.49. The molecular weight excluding hydrogens is 267 g/mol. The normalized spacial score (nSPS) is 11.8. The van der Waals surface area contributed by atoms with Crippen molar-refractivity contribution in [3.05, 3.63) is 34.1 Å². The number of carbonyl (C=O) groups excluding carboxylic acids is 1. The maximum Gasteiger partial charge on any atom is 0.310 e. The molecule has 0 aliphatic carbocycles. The molecule has 20 heavy (non-hydrogen) atoms. The van der Waals surface area contributed by atoms with Crippen molar-refractivity contribution in [1.82, 2.24) is 0 Å². The molecule has 0 spiro atoms. The van der Waals surface area contributed by atoms with E-state index in [4.69, 9.17) is 0 Å². The van der Waals surface area contributed by atoms with E-state index in [0.717, 1.165) is 6.07 Å². The Hall–Kier alpha value is -2.18. The Labute approximate surface area is 116 Å². The minimum Gasteiger partial charge on any atom is -0.469 e. The van der Waals surface area contributed by atoms with Gasteiger partial charge >= 0.3 is 5.97 Å². The summed E-state index contributed by atoms with van der Waals surface area (Å²) in [7, 11) is 1.29. The molecule has 1 atom stereocenters. The molecule has 1 aromatic carbocycles. The number of ether oxygens (including phenoxy) is 1. The van der Waals surface area contributed by atoms with E-state index in [1.54, 1.807) is 11.8 Å². The number of nitro groups is 1. The van der Waals surface area contributed by atoms with E-state index in [9.17, 15) is 19.3 Å². The van der Waals surface area contributed by atoms with Gasteiger partial charge in [-0.25, -0.2) is 4.39 Å². The third-order valence-corrected chi connectivity index (χ3v) is 2.96. The zero-order valence-electron chi connectivity index (χ0n) is 11.6. The summed E-state index contributed by atoms with van der Waals surface area (Å²) in [6.45, 7) is 4.23. The van der Waals surface area contributed by atoms with E-state index >= 15 is 0 Å². The lowest BCUT2D eigenvalue weighted by Crippen LogP contribution is -2.32. The highest BCUT2D eigenvalue weighted by Crippen LogP contribution is 2.24. The van der Waals surface area contributed by atoms with E-state index in [2.05, 4.69) is 4.74 Å². The van der Waals surface area contributed by atoms with Crippen LogP contribution in [0.3, 0.4) is 0 Å². The molecule has 1 rings (SSSR count). The van der Waals surface area contributed by atoms with Crippen LogP contribution >= 0.6 is 0 Å². The number of benzene rings is 1. The summed E-state index contributed by atoms with van der Waals surface area (Å²) < 4.78 is 18.5. The number of rotatable bonds is 6. The number of hydrogen-bond acceptors (Lipinski definition) is 5. The van der Waals surface area contributed by atoms with E-state index in [0.29, 0.717) is 6.54 Å². The van der Waals surface area contributed by atoms with E-state index in [1.807, 2.05) is 6.92 Å². The molecule has 0 aliphatic rings. The highest BCUT2D eigenvalue weighted by atomic mass is 19.1. The zero-order chi connectivity index (χ0) is 15.3. The van der Waals surface area contributed by atoms with Crippen LogP contribution in [0, 0.1) is 21.8 Å². The lowest BCUT2D eigenvalue weighted by molar-refractivity contribution is -0.385. The number of anilines is 1. The average molecular weight is 284 g/mol.